The van der Waals surface area contributed by atoms with Gasteiger partial charge in [-0.1, -0.05) is 13.8 Å². The van der Waals surface area contributed by atoms with Crippen molar-refractivity contribution in [1.29, 1.82) is 0 Å². The highest BCUT2D eigenvalue weighted by molar-refractivity contribution is 6.06. The fourth-order valence-corrected chi connectivity index (χ4v) is 7.59. The molecule has 4 aliphatic rings. The lowest BCUT2D eigenvalue weighted by Crippen LogP contribution is -2.56. The first-order valence-corrected chi connectivity index (χ1v) is 17.1. The smallest absolute Gasteiger partial charge is 0.276 e. The normalized spacial score (nSPS) is 19.8. The molecule has 2 fully saturated rings. The van der Waals surface area contributed by atoms with Crippen LogP contribution in [-0.2, 0) is 35.5 Å². The van der Waals surface area contributed by atoms with Crippen molar-refractivity contribution in [3.63, 3.8) is 0 Å². The second kappa shape index (κ2) is 13.4. The molecule has 12 nitrogen and oxygen atoms in total. The van der Waals surface area contributed by atoms with Crippen molar-refractivity contribution >= 4 is 35.2 Å². The minimum absolute atomic E-state index is 0.119. The first-order valence-electron chi connectivity index (χ1n) is 17.1. The number of piperazine rings is 1. The number of allylic oxidation sites excluding steroid dienone is 3. The Morgan fingerprint density at radius 3 is 2.57 bits per heavy atom. The third kappa shape index (κ3) is 6.60. The Balaban J connectivity index is 1.10. The SMILES string of the molecule is C/C(=C\C(=C/N(C)C=O)c1ccnc(N2CCn3c(cc4c3CC(C)(C)C4)C2=O)c1CO)Nc1ccc(N2CCN(C3COC3)CC2)cn1. The van der Waals surface area contributed by atoms with Crippen LogP contribution in [0.5, 0.6) is 0 Å². The summed E-state index contributed by atoms with van der Waals surface area (Å²) in [4.78, 5) is 42.9. The van der Waals surface area contributed by atoms with Gasteiger partial charge in [-0.05, 0) is 66.6 Å². The molecule has 2 amide bonds. The van der Waals surface area contributed by atoms with E-state index in [1.165, 1.54) is 16.2 Å². The van der Waals surface area contributed by atoms with E-state index in [-0.39, 0.29) is 17.9 Å². The van der Waals surface area contributed by atoms with Crippen molar-refractivity contribution in [1.82, 2.24) is 24.3 Å². The van der Waals surface area contributed by atoms with Crippen molar-refractivity contribution in [2.75, 3.05) is 68.1 Å². The number of fused-ring (bicyclic) bond motifs is 3. The summed E-state index contributed by atoms with van der Waals surface area (Å²) in [5, 5.41) is 14.1. The van der Waals surface area contributed by atoms with Gasteiger partial charge < -0.3 is 29.5 Å². The number of nitrogens with one attached hydrogen (secondary N) is 1. The molecule has 0 spiro atoms. The summed E-state index contributed by atoms with van der Waals surface area (Å²) in [5.74, 6) is 1.00. The van der Waals surface area contributed by atoms with Crippen LogP contribution >= 0.6 is 0 Å². The van der Waals surface area contributed by atoms with Crippen molar-refractivity contribution in [3.05, 3.63) is 82.7 Å². The van der Waals surface area contributed by atoms with Crippen molar-refractivity contribution < 1.29 is 19.4 Å². The minimum Gasteiger partial charge on any atom is -0.392 e. The molecule has 0 radical (unpaired) electrons. The topological polar surface area (TPSA) is 119 Å². The highest BCUT2D eigenvalue weighted by Gasteiger charge is 2.37. The highest BCUT2D eigenvalue weighted by Crippen LogP contribution is 2.40. The largest absolute Gasteiger partial charge is 0.392 e. The number of aromatic nitrogens is 3. The zero-order valence-electron chi connectivity index (χ0n) is 28.9. The summed E-state index contributed by atoms with van der Waals surface area (Å²) < 4.78 is 7.53. The van der Waals surface area contributed by atoms with Gasteiger partial charge >= 0.3 is 0 Å². The van der Waals surface area contributed by atoms with Crippen LogP contribution in [0.1, 0.15) is 53.6 Å². The van der Waals surface area contributed by atoms with Gasteiger partial charge in [0.2, 0.25) is 6.41 Å². The molecule has 3 aromatic rings. The first kappa shape index (κ1) is 33.0. The molecule has 0 atom stereocenters. The van der Waals surface area contributed by atoms with E-state index in [2.05, 4.69) is 49.6 Å². The third-order valence-corrected chi connectivity index (χ3v) is 10.2. The van der Waals surface area contributed by atoms with Crippen LogP contribution in [0.4, 0.5) is 17.3 Å². The molecule has 1 aliphatic carbocycles. The standard InChI is InChI=1S/C37H46N8O4/c1-25(40-34-6-5-28(19-39-34)42-9-11-43(12-10-42)29-22-49-23-29)15-27(20-41(4)24-47)30-7-8-38-35(31(30)21-46)45-14-13-44-32(36(45)48)16-26-17-37(2,3)18-33(26)44/h5-8,15-16,19-20,24,29,46H,9-14,17-18,21-23H2,1-4H3,(H,39,40)/b25-15+,27-20+. The number of ether oxygens (including phenoxy) is 1. The molecule has 258 valence electrons. The van der Waals surface area contributed by atoms with E-state index in [0.717, 1.165) is 70.0 Å². The summed E-state index contributed by atoms with van der Waals surface area (Å²) in [5.41, 5.74) is 7.12. The van der Waals surface area contributed by atoms with Gasteiger partial charge in [0.15, 0.2) is 0 Å². The Labute approximate surface area is 287 Å². The quantitative estimate of drug-likeness (QED) is 0.248. The van der Waals surface area contributed by atoms with E-state index >= 15 is 0 Å². The highest BCUT2D eigenvalue weighted by atomic mass is 16.5. The number of hydrogen-bond donors (Lipinski definition) is 2. The van der Waals surface area contributed by atoms with E-state index in [4.69, 9.17) is 4.74 Å². The molecule has 2 N–H and O–H groups in total. The molecule has 0 saturated carbocycles. The molecule has 0 bridgehead atoms. The molecule has 3 aromatic heterocycles. The maximum atomic E-state index is 13.9. The van der Waals surface area contributed by atoms with Gasteiger partial charge in [0.05, 0.1) is 37.7 Å². The number of amides is 2. The number of pyridine rings is 2. The van der Waals surface area contributed by atoms with E-state index in [1.807, 2.05) is 37.4 Å². The summed E-state index contributed by atoms with van der Waals surface area (Å²) in [6, 6.07) is 8.46. The maximum Gasteiger partial charge on any atom is 0.276 e. The molecule has 12 heteroatoms. The predicted octanol–water partition coefficient (Wildman–Crippen LogP) is 3.52. The summed E-state index contributed by atoms with van der Waals surface area (Å²) in [6.07, 6.45) is 9.80. The van der Waals surface area contributed by atoms with Crippen LogP contribution in [0.2, 0.25) is 0 Å². The molecule has 49 heavy (non-hydrogen) atoms. The molecule has 7 rings (SSSR count). The van der Waals surface area contributed by atoms with E-state index in [1.54, 1.807) is 24.3 Å². The van der Waals surface area contributed by atoms with Crippen LogP contribution in [-0.4, -0.2) is 101 Å². The van der Waals surface area contributed by atoms with Gasteiger partial charge in [-0.25, -0.2) is 9.97 Å². The zero-order valence-corrected chi connectivity index (χ0v) is 28.9. The predicted molar refractivity (Wildman–Crippen MR) is 189 cm³/mol. The van der Waals surface area contributed by atoms with Gasteiger partial charge in [-0.15, -0.1) is 0 Å². The number of anilines is 3. The zero-order chi connectivity index (χ0) is 34.3. The number of hydrogen-bond acceptors (Lipinski definition) is 9. The van der Waals surface area contributed by atoms with E-state index in [0.29, 0.717) is 53.2 Å². The van der Waals surface area contributed by atoms with Crippen LogP contribution in [0.25, 0.3) is 5.57 Å². The lowest BCUT2D eigenvalue weighted by Gasteiger charge is -2.43. The number of aliphatic hydroxyl groups excluding tert-OH is 1. The maximum absolute atomic E-state index is 13.9. The molecule has 0 unspecified atom stereocenters. The van der Waals surface area contributed by atoms with Crippen molar-refractivity contribution in [2.45, 2.75) is 52.8 Å². The van der Waals surface area contributed by atoms with Crippen LogP contribution < -0.4 is 15.1 Å². The Kier molecular flexibility index (Phi) is 9.03. The van der Waals surface area contributed by atoms with E-state index in [9.17, 15) is 14.7 Å². The second-order valence-electron chi connectivity index (χ2n) is 14.4. The van der Waals surface area contributed by atoms with Crippen molar-refractivity contribution in [3.8, 4) is 0 Å². The molecule has 6 heterocycles. The molecule has 3 aliphatic heterocycles. The second-order valence-corrected chi connectivity index (χ2v) is 14.4. The van der Waals surface area contributed by atoms with Gasteiger partial charge in [-0.3, -0.25) is 19.4 Å². The van der Waals surface area contributed by atoms with Gasteiger partial charge in [-0.2, -0.15) is 0 Å². The molecule has 0 aromatic carbocycles. The number of nitrogens with zero attached hydrogens (tertiary/aromatic N) is 7. The Hall–Kier alpha value is -4.52. The van der Waals surface area contributed by atoms with Crippen LogP contribution in [0.3, 0.4) is 0 Å². The lowest BCUT2D eigenvalue weighted by atomic mass is 9.90. The monoisotopic (exact) mass is 666 g/mol. The Bertz CT molecular complexity index is 1780. The van der Waals surface area contributed by atoms with Gasteiger partial charge in [0.25, 0.3) is 5.91 Å². The molecular weight excluding hydrogens is 620 g/mol. The Morgan fingerprint density at radius 1 is 1.10 bits per heavy atom. The number of rotatable bonds is 10. The number of carbonyl (C=O) groups excluding carboxylic acids is 2. The van der Waals surface area contributed by atoms with Gasteiger partial charge in [0, 0.05) is 81.2 Å². The van der Waals surface area contributed by atoms with Crippen LogP contribution in [0, 0.1) is 5.41 Å². The average Bonchev–Trinajstić information content (AvgIpc) is 3.56. The van der Waals surface area contributed by atoms with Gasteiger partial charge in [0.1, 0.15) is 17.3 Å². The average molecular weight is 667 g/mol. The van der Waals surface area contributed by atoms with Crippen molar-refractivity contribution in [2.24, 2.45) is 5.41 Å². The third-order valence-electron chi connectivity index (χ3n) is 10.2. The Morgan fingerprint density at radius 2 is 1.90 bits per heavy atom. The summed E-state index contributed by atoms with van der Waals surface area (Å²) in [6.45, 7) is 12.9. The lowest BCUT2D eigenvalue weighted by molar-refractivity contribution is -0.114. The summed E-state index contributed by atoms with van der Waals surface area (Å²) >= 11 is 0. The number of carbonyl (C=O) groups is 2. The number of aliphatic hydroxyl groups is 1. The molecular formula is C37H46N8O4. The fourth-order valence-electron chi connectivity index (χ4n) is 7.59. The summed E-state index contributed by atoms with van der Waals surface area (Å²) in [7, 11) is 1.66. The minimum atomic E-state index is -0.331. The van der Waals surface area contributed by atoms with E-state index < -0.39 is 0 Å². The molecule has 2 saturated heterocycles. The fraction of sp³-hybridized carbons (Fsp3) is 0.459. The first-order chi connectivity index (χ1) is 23.6. The van der Waals surface area contributed by atoms with Crippen LogP contribution in [0.15, 0.2) is 54.6 Å².